The number of nitrogens with one attached hydrogen (secondary N) is 1. The van der Waals surface area contributed by atoms with E-state index in [0.29, 0.717) is 5.15 Å². The first-order chi connectivity index (χ1) is 7.66. The normalized spacial score (nSPS) is 11.4. The van der Waals surface area contributed by atoms with Crippen molar-refractivity contribution in [2.75, 3.05) is 0 Å². The topological polar surface area (TPSA) is 28.7 Å². The molecule has 0 spiro atoms. The Morgan fingerprint density at radius 2 is 2.06 bits per heavy atom. The minimum absolute atomic E-state index is 0.533. The van der Waals surface area contributed by atoms with Gasteiger partial charge in [0.2, 0.25) is 0 Å². The van der Waals surface area contributed by atoms with E-state index in [-0.39, 0.29) is 0 Å². The van der Waals surface area contributed by atoms with Crippen molar-refractivity contribution < 1.29 is 0 Å². The fourth-order valence-corrected chi connectivity index (χ4v) is 2.53. The number of aromatic nitrogens is 2. The summed E-state index contributed by atoms with van der Waals surface area (Å²) in [5.41, 5.74) is 4.57. The van der Waals surface area contributed by atoms with E-state index < -0.39 is 0 Å². The lowest BCUT2D eigenvalue weighted by atomic mass is 10.1. The summed E-state index contributed by atoms with van der Waals surface area (Å²) in [7, 11) is 0. The number of pyridine rings is 1. The lowest BCUT2D eigenvalue weighted by molar-refractivity contribution is 1.34. The molecule has 0 amide bonds. The summed E-state index contributed by atoms with van der Waals surface area (Å²) in [6.45, 7) is 4.22. The molecule has 0 aliphatic heterocycles. The van der Waals surface area contributed by atoms with E-state index in [4.69, 9.17) is 11.6 Å². The summed E-state index contributed by atoms with van der Waals surface area (Å²) < 4.78 is 0. The standard InChI is InChI=1S/C13H11ClN2/c1-7-5-8(2)11-9-3-4-15-13(14)12(9)16-10(11)6-7/h3-6,16H,1-2H3. The highest BCUT2D eigenvalue weighted by Gasteiger charge is 2.09. The lowest BCUT2D eigenvalue weighted by Crippen LogP contribution is -1.78. The zero-order chi connectivity index (χ0) is 11.3. The first-order valence-electron chi connectivity index (χ1n) is 5.20. The summed E-state index contributed by atoms with van der Waals surface area (Å²) >= 11 is 6.08. The molecule has 3 heteroatoms. The maximum absolute atomic E-state index is 6.08. The van der Waals surface area contributed by atoms with Crippen LogP contribution in [0.2, 0.25) is 5.15 Å². The molecule has 0 bridgehead atoms. The van der Waals surface area contributed by atoms with E-state index in [1.54, 1.807) is 6.20 Å². The molecule has 0 aliphatic carbocycles. The average molecular weight is 231 g/mol. The van der Waals surface area contributed by atoms with Crippen LogP contribution in [0.15, 0.2) is 24.4 Å². The Kier molecular flexibility index (Phi) is 1.95. The van der Waals surface area contributed by atoms with Crippen molar-refractivity contribution in [1.82, 2.24) is 9.97 Å². The van der Waals surface area contributed by atoms with Gasteiger partial charge >= 0.3 is 0 Å². The van der Waals surface area contributed by atoms with Gasteiger partial charge < -0.3 is 4.98 Å². The van der Waals surface area contributed by atoms with Crippen LogP contribution in [0, 0.1) is 13.8 Å². The van der Waals surface area contributed by atoms with Gasteiger partial charge in [-0.3, -0.25) is 0 Å². The fourth-order valence-electron chi connectivity index (χ4n) is 2.32. The van der Waals surface area contributed by atoms with Gasteiger partial charge in [-0.25, -0.2) is 4.98 Å². The molecule has 0 radical (unpaired) electrons. The smallest absolute Gasteiger partial charge is 0.153 e. The van der Waals surface area contributed by atoms with Crippen molar-refractivity contribution in [1.29, 1.82) is 0 Å². The van der Waals surface area contributed by atoms with Crippen molar-refractivity contribution in [2.24, 2.45) is 0 Å². The van der Waals surface area contributed by atoms with E-state index in [2.05, 4.69) is 35.9 Å². The molecular formula is C13H11ClN2. The van der Waals surface area contributed by atoms with Gasteiger partial charge in [0.25, 0.3) is 0 Å². The van der Waals surface area contributed by atoms with Crippen LogP contribution < -0.4 is 0 Å². The molecule has 2 aromatic heterocycles. The Balaban J connectivity index is 2.61. The molecule has 2 heterocycles. The summed E-state index contributed by atoms with van der Waals surface area (Å²) in [5.74, 6) is 0. The van der Waals surface area contributed by atoms with Crippen molar-refractivity contribution in [3.8, 4) is 0 Å². The number of aromatic amines is 1. The largest absolute Gasteiger partial charge is 0.352 e. The van der Waals surface area contributed by atoms with Crippen LogP contribution in [0.25, 0.3) is 21.8 Å². The van der Waals surface area contributed by atoms with Crippen LogP contribution >= 0.6 is 11.6 Å². The number of hydrogen-bond donors (Lipinski definition) is 1. The monoisotopic (exact) mass is 230 g/mol. The predicted octanol–water partition coefficient (Wildman–Crippen LogP) is 3.99. The molecular weight excluding hydrogens is 220 g/mol. The molecule has 0 atom stereocenters. The summed E-state index contributed by atoms with van der Waals surface area (Å²) in [4.78, 5) is 7.42. The van der Waals surface area contributed by atoms with Gasteiger partial charge in [-0.15, -0.1) is 0 Å². The third-order valence-electron chi connectivity index (χ3n) is 2.91. The minimum atomic E-state index is 0.533. The molecule has 1 aromatic carbocycles. The van der Waals surface area contributed by atoms with Crippen LogP contribution in [-0.4, -0.2) is 9.97 Å². The quantitative estimate of drug-likeness (QED) is 0.582. The average Bonchev–Trinajstić information content (AvgIpc) is 2.57. The van der Waals surface area contributed by atoms with Crippen LogP contribution in [0.1, 0.15) is 11.1 Å². The Morgan fingerprint density at radius 3 is 2.88 bits per heavy atom. The maximum Gasteiger partial charge on any atom is 0.153 e. The number of nitrogens with zero attached hydrogens (tertiary/aromatic N) is 1. The Bertz CT molecular complexity index is 698. The van der Waals surface area contributed by atoms with Crippen LogP contribution in [0.3, 0.4) is 0 Å². The third-order valence-corrected chi connectivity index (χ3v) is 3.20. The van der Waals surface area contributed by atoms with Crippen LogP contribution in [0.5, 0.6) is 0 Å². The molecule has 1 N–H and O–H groups in total. The first kappa shape index (κ1) is 9.67. The van der Waals surface area contributed by atoms with Crippen molar-refractivity contribution in [3.63, 3.8) is 0 Å². The molecule has 0 fully saturated rings. The second kappa shape index (κ2) is 3.22. The number of halogens is 1. The maximum atomic E-state index is 6.08. The Morgan fingerprint density at radius 1 is 1.25 bits per heavy atom. The molecule has 0 unspecified atom stereocenters. The van der Waals surface area contributed by atoms with Crippen molar-refractivity contribution in [2.45, 2.75) is 13.8 Å². The van der Waals surface area contributed by atoms with E-state index in [1.807, 2.05) is 6.07 Å². The second-order valence-corrected chi connectivity index (χ2v) is 4.51. The number of aryl methyl sites for hydroxylation is 2. The van der Waals surface area contributed by atoms with Crippen molar-refractivity contribution >= 4 is 33.4 Å². The highest BCUT2D eigenvalue weighted by atomic mass is 35.5. The van der Waals surface area contributed by atoms with Gasteiger partial charge in [-0.2, -0.15) is 0 Å². The van der Waals surface area contributed by atoms with Crippen LogP contribution in [-0.2, 0) is 0 Å². The van der Waals surface area contributed by atoms with E-state index in [1.165, 1.54) is 16.5 Å². The van der Waals surface area contributed by atoms with E-state index in [9.17, 15) is 0 Å². The highest BCUT2D eigenvalue weighted by Crippen LogP contribution is 2.31. The third kappa shape index (κ3) is 1.23. The lowest BCUT2D eigenvalue weighted by Gasteiger charge is -1.99. The number of rotatable bonds is 0. The Labute approximate surface area is 98.3 Å². The van der Waals surface area contributed by atoms with Crippen LogP contribution in [0.4, 0.5) is 0 Å². The molecule has 2 nitrogen and oxygen atoms in total. The van der Waals surface area contributed by atoms with Crippen molar-refractivity contribution in [3.05, 3.63) is 40.7 Å². The summed E-state index contributed by atoms with van der Waals surface area (Å²) in [5, 5.41) is 2.92. The van der Waals surface area contributed by atoms with Gasteiger partial charge in [0.1, 0.15) is 0 Å². The fraction of sp³-hybridized carbons (Fsp3) is 0.154. The zero-order valence-electron chi connectivity index (χ0n) is 9.13. The Hall–Kier alpha value is -1.54. The van der Waals surface area contributed by atoms with E-state index in [0.717, 1.165) is 16.4 Å². The van der Waals surface area contributed by atoms with Gasteiger partial charge in [-0.05, 0) is 37.1 Å². The molecule has 0 saturated heterocycles. The molecule has 0 saturated carbocycles. The predicted molar refractivity (Wildman–Crippen MR) is 68.1 cm³/mol. The summed E-state index contributed by atoms with van der Waals surface area (Å²) in [6, 6.07) is 6.32. The number of benzene rings is 1. The molecule has 16 heavy (non-hydrogen) atoms. The number of fused-ring (bicyclic) bond motifs is 3. The minimum Gasteiger partial charge on any atom is -0.352 e. The molecule has 80 valence electrons. The number of hydrogen-bond acceptors (Lipinski definition) is 1. The molecule has 3 rings (SSSR count). The van der Waals surface area contributed by atoms with Gasteiger partial charge in [0.15, 0.2) is 5.15 Å². The zero-order valence-corrected chi connectivity index (χ0v) is 9.89. The van der Waals surface area contributed by atoms with Gasteiger partial charge in [-0.1, -0.05) is 17.7 Å². The summed E-state index contributed by atoms with van der Waals surface area (Å²) in [6.07, 6.45) is 1.75. The van der Waals surface area contributed by atoms with Gasteiger partial charge in [0, 0.05) is 22.5 Å². The number of H-pyrrole nitrogens is 1. The first-order valence-corrected chi connectivity index (χ1v) is 5.58. The SMILES string of the molecule is Cc1cc(C)c2c(c1)[nH]c1c(Cl)nccc12. The molecule has 3 aromatic rings. The highest BCUT2D eigenvalue weighted by molar-refractivity contribution is 6.35. The second-order valence-electron chi connectivity index (χ2n) is 4.15. The van der Waals surface area contributed by atoms with Gasteiger partial charge in [0.05, 0.1) is 5.52 Å². The van der Waals surface area contributed by atoms with E-state index >= 15 is 0 Å². The molecule has 0 aliphatic rings.